The molecule has 3 aromatic rings. The quantitative estimate of drug-likeness (QED) is 0.675. The zero-order chi connectivity index (χ0) is 21.1. The third kappa shape index (κ3) is 4.17. The van der Waals surface area contributed by atoms with E-state index in [2.05, 4.69) is 25.5 Å². The summed E-state index contributed by atoms with van der Waals surface area (Å²) in [6, 6.07) is 10.1. The Kier molecular flexibility index (Phi) is 5.74. The van der Waals surface area contributed by atoms with E-state index in [1.165, 1.54) is 18.9 Å². The van der Waals surface area contributed by atoms with Gasteiger partial charge in [0.15, 0.2) is 11.6 Å². The summed E-state index contributed by atoms with van der Waals surface area (Å²) in [6.07, 6.45) is 3.13. The monoisotopic (exact) mass is 408 g/mol. The van der Waals surface area contributed by atoms with Crippen molar-refractivity contribution in [2.75, 3.05) is 23.3 Å². The van der Waals surface area contributed by atoms with Crippen molar-refractivity contribution < 1.29 is 9.18 Å². The first-order valence-corrected chi connectivity index (χ1v) is 10.2. The van der Waals surface area contributed by atoms with Crippen molar-refractivity contribution in [3.8, 4) is 5.82 Å². The Balaban J connectivity index is 1.44. The minimum atomic E-state index is -0.443. The number of aryl methyl sites for hydroxylation is 1. The minimum Gasteiger partial charge on any atom is -0.355 e. The van der Waals surface area contributed by atoms with E-state index in [0.29, 0.717) is 12.2 Å². The zero-order valence-corrected chi connectivity index (χ0v) is 17.2. The van der Waals surface area contributed by atoms with Gasteiger partial charge in [-0.25, -0.2) is 9.07 Å². The van der Waals surface area contributed by atoms with Crippen molar-refractivity contribution in [3.63, 3.8) is 0 Å². The number of aromatic nitrogens is 4. The number of nitrogens with zero attached hydrogens (tertiary/aromatic N) is 5. The van der Waals surface area contributed by atoms with Crippen molar-refractivity contribution in [1.82, 2.24) is 20.0 Å². The Hall–Kier alpha value is -3.29. The van der Waals surface area contributed by atoms with Crippen LogP contribution in [0.4, 0.5) is 15.9 Å². The van der Waals surface area contributed by atoms with Gasteiger partial charge in [-0.05, 0) is 62.9 Å². The molecule has 0 spiro atoms. The fraction of sp³-hybridized carbons (Fsp3) is 0.364. The Bertz CT molecular complexity index is 1040. The third-order valence-corrected chi connectivity index (χ3v) is 5.47. The zero-order valence-electron chi connectivity index (χ0n) is 17.2. The molecule has 0 radical (unpaired) electrons. The first kappa shape index (κ1) is 20.0. The van der Waals surface area contributed by atoms with E-state index < -0.39 is 5.82 Å². The van der Waals surface area contributed by atoms with E-state index in [0.717, 1.165) is 35.9 Å². The summed E-state index contributed by atoms with van der Waals surface area (Å²) >= 11 is 0. The van der Waals surface area contributed by atoms with Crippen LogP contribution in [0.1, 0.15) is 36.2 Å². The summed E-state index contributed by atoms with van der Waals surface area (Å²) in [7, 11) is 0. The van der Waals surface area contributed by atoms with Crippen LogP contribution in [0.5, 0.6) is 0 Å². The van der Waals surface area contributed by atoms with Crippen molar-refractivity contribution in [1.29, 1.82) is 0 Å². The average molecular weight is 408 g/mol. The highest BCUT2D eigenvalue weighted by molar-refractivity contribution is 5.90. The second-order valence-electron chi connectivity index (χ2n) is 7.53. The van der Waals surface area contributed by atoms with Gasteiger partial charge >= 0.3 is 0 Å². The standard InChI is InChI=1S/C22H25FN6O/c1-15-17(9-12-22(30)24-19-8-4-3-7-18(19)23)16(2)29(27-15)21-11-10-20(25-26-21)28-13-5-6-14-28/h3-4,7-8,10-11H,5-6,9,12-14H2,1-2H3,(H,24,30). The highest BCUT2D eigenvalue weighted by Gasteiger charge is 2.17. The first-order valence-electron chi connectivity index (χ1n) is 10.2. The lowest BCUT2D eigenvalue weighted by Crippen LogP contribution is -2.19. The maximum Gasteiger partial charge on any atom is 0.224 e. The van der Waals surface area contributed by atoms with Gasteiger partial charge in [-0.2, -0.15) is 5.10 Å². The van der Waals surface area contributed by atoms with Crippen LogP contribution >= 0.6 is 0 Å². The summed E-state index contributed by atoms with van der Waals surface area (Å²) in [4.78, 5) is 14.5. The molecular formula is C22H25FN6O. The highest BCUT2D eigenvalue weighted by Crippen LogP contribution is 2.21. The molecule has 0 aliphatic carbocycles. The van der Waals surface area contributed by atoms with Crippen LogP contribution in [0.15, 0.2) is 36.4 Å². The summed E-state index contributed by atoms with van der Waals surface area (Å²) < 4.78 is 15.5. The van der Waals surface area contributed by atoms with Gasteiger partial charge in [-0.1, -0.05) is 12.1 Å². The average Bonchev–Trinajstić information content (AvgIpc) is 3.37. The summed E-state index contributed by atoms with van der Waals surface area (Å²) in [5.74, 6) is 0.867. The predicted molar refractivity (Wildman–Crippen MR) is 113 cm³/mol. The molecule has 1 aliphatic rings. The fourth-order valence-corrected chi connectivity index (χ4v) is 3.82. The number of benzene rings is 1. The molecule has 1 amide bonds. The van der Waals surface area contributed by atoms with Gasteiger partial charge in [0.1, 0.15) is 5.82 Å². The van der Waals surface area contributed by atoms with Gasteiger partial charge < -0.3 is 10.2 Å². The number of carbonyl (C=O) groups excluding carboxylic acids is 1. The van der Waals surface area contributed by atoms with Crippen LogP contribution in [-0.4, -0.2) is 39.0 Å². The van der Waals surface area contributed by atoms with Crippen LogP contribution in [0.25, 0.3) is 5.82 Å². The molecule has 1 N–H and O–H groups in total. The minimum absolute atomic E-state index is 0.194. The molecule has 30 heavy (non-hydrogen) atoms. The number of para-hydroxylation sites is 1. The van der Waals surface area contributed by atoms with E-state index in [-0.39, 0.29) is 18.0 Å². The molecule has 0 bridgehead atoms. The Morgan fingerprint density at radius 2 is 1.77 bits per heavy atom. The van der Waals surface area contributed by atoms with Crippen molar-refractivity contribution in [2.24, 2.45) is 0 Å². The first-order chi connectivity index (χ1) is 14.5. The molecule has 8 heteroatoms. The van der Waals surface area contributed by atoms with Crippen molar-refractivity contribution in [2.45, 2.75) is 39.5 Å². The molecule has 1 saturated heterocycles. The Labute approximate surface area is 174 Å². The number of hydrogen-bond donors (Lipinski definition) is 1. The number of anilines is 2. The smallest absolute Gasteiger partial charge is 0.224 e. The van der Waals surface area contributed by atoms with Gasteiger partial charge in [-0.15, -0.1) is 10.2 Å². The SMILES string of the molecule is Cc1nn(-c2ccc(N3CCCC3)nn2)c(C)c1CCC(=O)Nc1ccccc1F. The molecule has 0 saturated carbocycles. The van der Waals surface area contributed by atoms with Crippen LogP contribution in [-0.2, 0) is 11.2 Å². The number of rotatable bonds is 6. The van der Waals surface area contributed by atoms with E-state index in [1.54, 1.807) is 22.9 Å². The molecule has 0 atom stereocenters. The molecule has 7 nitrogen and oxygen atoms in total. The topological polar surface area (TPSA) is 75.9 Å². The molecule has 156 valence electrons. The van der Waals surface area contributed by atoms with Gasteiger partial charge in [0.05, 0.1) is 11.4 Å². The predicted octanol–water partition coefficient (Wildman–Crippen LogP) is 3.59. The number of amides is 1. The largest absolute Gasteiger partial charge is 0.355 e. The number of nitrogens with one attached hydrogen (secondary N) is 1. The van der Waals surface area contributed by atoms with E-state index >= 15 is 0 Å². The van der Waals surface area contributed by atoms with Crippen LogP contribution in [0.3, 0.4) is 0 Å². The van der Waals surface area contributed by atoms with E-state index in [9.17, 15) is 9.18 Å². The van der Waals surface area contributed by atoms with Gasteiger partial charge in [-0.3, -0.25) is 4.79 Å². The lowest BCUT2D eigenvalue weighted by Gasteiger charge is -2.15. The number of hydrogen-bond acceptors (Lipinski definition) is 5. The van der Waals surface area contributed by atoms with Crippen LogP contribution in [0, 0.1) is 19.7 Å². The van der Waals surface area contributed by atoms with Crippen LogP contribution < -0.4 is 10.2 Å². The van der Waals surface area contributed by atoms with Gasteiger partial charge in [0.25, 0.3) is 0 Å². The van der Waals surface area contributed by atoms with E-state index in [1.807, 2.05) is 26.0 Å². The summed E-state index contributed by atoms with van der Waals surface area (Å²) in [5, 5.41) is 15.9. The van der Waals surface area contributed by atoms with Gasteiger partial charge in [0.2, 0.25) is 5.91 Å². The van der Waals surface area contributed by atoms with E-state index in [4.69, 9.17) is 0 Å². The second-order valence-corrected chi connectivity index (χ2v) is 7.53. The maximum absolute atomic E-state index is 13.7. The van der Waals surface area contributed by atoms with Gasteiger partial charge in [0, 0.05) is 25.2 Å². The lowest BCUT2D eigenvalue weighted by molar-refractivity contribution is -0.116. The molecular weight excluding hydrogens is 383 g/mol. The number of carbonyl (C=O) groups is 1. The Morgan fingerprint density at radius 3 is 2.47 bits per heavy atom. The maximum atomic E-state index is 13.7. The number of halogens is 1. The second kappa shape index (κ2) is 8.61. The normalized spacial score (nSPS) is 13.6. The lowest BCUT2D eigenvalue weighted by atomic mass is 10.1. The molecule has 1 aliphatic heterocycles. The molecule has 1 fully saturated rings. The molecule has 1 aromatic carbocycles. The van der Waals surface area contributed by atoms with Crippen molar-refractivity contribution >= 4 is 17.4 Å². The highest BCUT2D eigenvalue weighted by atomic mass is 19.1. The van der Waals surface area contributed by atoms with Crippen LogP contribution in [0.2, 0.25) is 0 Å². The molecule has 3 heterocycles. The molecule has 4 rings (SSSR count). The Morgan fingerprint density at radius 1 is 1.07 bits per heavy atom. The van der Waals surface area contributed by atoms with Crippen molar-refractivity contribution in [3.05, 3.63) is 59.2 Å². The third-order valence-electron chi connectivity index (χ3n) is 5.47. The summed E-state index contributed by atoms with van der Waals surface area (Å²) in [6.45, 7) is 5.92. The fourth-order valence-electron chi connectivity index (χ4n) is 3.82. The molecule has 0 unspecified atom stereocenters. The summed E-state index contributed by atoms with van der Waals surface area (Å²) in [5.41, 5.74) is 2.95. The molecule has 2 aromatic heterocycles.